The predicted octanol–water partition coefficient (Wildman–Crippen LogP) is 2.35. The first kappa shape index (κ1) is 7.28. The van der Waals surface area contributed by atoms with Gasteiger partial charge in [0.15, 0.2) is 12.0 Å². The van der Waals surface area contributed by atoms with Crippen molar-refractivity contribution in [2.45, 2.75) is 19.8 Å². The molecule has 0 bridgehead atoms. The van der Waals surface area contributed by atoms with Gasteiger partial charge in [-0.15, -0.1) is 0 Å². The minimum atomic E-state index is 0.436. The van der Waals surface area contributed by atoms with Gasteiger partial charge in [-0.1, -0.05) is 13.8 Å². The van der Waals surface area contributed by atoms with Crippen LogP contribution in [0.15, 0.2) is 23.2 Å². The van der Waals surface area contributed by atoms with Crippen LogP contribution in [-0.2, 0) is 0 Å². The van der Waals surface area contributed by atoms with Gasteiger partial charge in [0, 0.05) is 11.8 Å². The molecular weight excluding hydrogens is 152 g/mol. The first-order chi connectivity index (χ1) is 5.79. The van der Waals surface area contributed by atoms with E-state index in [9.17, 15) is 0 Å². The summed E-state index contributed by atoms with van der Waals surface area (Å²) >= 11 is 0. The molecule has 0 aliphatic heterocycles. The molecule has 0 radical (unpaired) electrons. The SMILES string of the molecule is CC(C)c1cncc2ocnc12. The summed E-state index contributed by atoms with van der Waals surface area (Å²) in [5.41, 5.74) is 2.84. The lowest BCUT2D eigenvalue weighted by molar-refractivity contribution is 0.600. The van der Waals surface area contributed by atoms with Crippen molar-refractivity contribution in [1.82, 2.24) is 9.97 Å². The zero-order chi connectivity index (χ0) is 8.55. The van der Waals surface area contributed by atoms with E-state index in [0.29, 0.717) is 5.92 Å². The maximum absolute atomic E-state index is 5.14. The van der Waals surface area contributed by atoms with Crippen molar-refractivity contribution < 1.29 is 4.42 Å². The lowest BCUT2D eigenvalue weighted by Gasteiger charge is -2.02. The Bertz CT molecular complexity index is 392. The second-order valence-corrected chi connectivity index (χ2v) is 3.08. The molecule has 3 nitrogen and oxygen atoms in total. The second-order valence-electron chi connectivity index (χ2n) is 3.08. The van der Waals surface area contributed by atoms with Gasteiger partial charge in [-0.25, -0.2) is 4.98 Å². The monoisotopic (exact) mass is 162 g/mol. The molecule has 0 N–H and O–H groups in total. The third kappa shape index (κ3) is 0.978. The molecule has 2 heterocycles. The average molecular weight is 162 g/mol. The van der Waals surface area contributed by atoms with Crippen molar-refractivity contribution in [3.05, 3.63) is 24.4 Å². The Morgan fingerprint density at radius 1 is 1.33 bits per heavy atom. The summed E-state index contributed by atoms with van der Waals surface area (Å²) in [6.07, 6.45) is 4.99. The van der Waals surface area contributed by atoms with E-state index in [1.807, 2.05) is 6.20 Å². The number of hydrogen-bond acceptors (Lipinski definition) is 3. The zero-order valence-corrected chi connectivity index (χ0v) is 7.11. The molecule has 2 rings (SSSR count). The highest BCUT2D eigenvalue weighted by molar-refractivity contribution is 5.75. The van der Waals surface area contributed by atoms with Crippen molar-refractivity contribution in [3.63, 3.8) is 0 Å². The van der Waals surface area contributed by atoms with Gasteiger partial charge in [0.25, 0.3) is 0 Å². The Balaban J connectivity index is 2.73. The molecule has 12 heavy (non-hydrogen) atoms. The number of pyridine rings is 1. The van der Waals surface area contributed by atoms with Crippen LogP contribution >= 0.6 is 0 Å². The predicted molar refractivity (Wildman–Crippen MR) is 45.9 cm³/mol. The summed E-state index contributed by atoms with van der Waals surface area (Å²) in [5, 5.41) is 0. The number of oxazole rings is 1. The molecule has 0 saturated heterocycles. The molecule has 0 atom stereocenters. The number of nitrogens with zero attached hydrogens (tertiary/aromatic N) is 2. The van der Waals surface area contributed by atoms with Crippen LogP contribution < -0.4 is 0 Å². The third-order valence-corrected chi connectivity index (χ3v) is 1.90. The highest BCUT2D eigenvalue weighted by Gasteiger charge is 2.07. The summed E-state index contributed by atoms with van der Waals surface area (Å²) in [6, 6.07) is 0. The topological polar surface area (TPSA) is 38.9 Å². The fourth-order valence-electron chi connectivity index (χ4n) is 1.23. The molecule has 0 saturated carbocycles. The first-order valence-electron chi connectivity index (χ1n) is 3.96. The second kappa shape index (κ2) is 2.59. The van der Waals surface area contributed by atoms with Crippen molar-refractivity contribution in [1.29, 1.82) is 0 Å². The molecule has 0 aliphatic carbocycles. The highest BCUT2D eigenvalue weighted by atomic mass is 16.3. The van der Waals surface area contributed by atoms with Crippen LogP contribution in [0.2, 0.25) is 0 Å². The summed E-state index contributed by atoms with van der Waals surface area (Å²) in [4.78, 5) is 8.21. The summed E-state index contributed by atoms with van der Waals surface area (Å²) < 4.78 is 5.14. The van der Waals surface area contributed by atoms with E-state index in [4.69, 9.17) is 4.42 Å². The van der Waals surface area contributed by atoms with Crippen LogP contribution in [0.4, 0.5) is 0 Å². The van der Waals surface area contributed by atoms with Gasteiger partial charge in [0.05, 0.1) is 6.20 Å². The van der Waals surface area contributed by atoms with Crippen LogP contribution in [-0.4, -0.2) is 9.97 Å². The van der Waals surface area contributed by atoms with E-state index < -0.39 is 0 Å². The van der Waals surface area contributed by atoms with Gasteiger partial charge in [-0.2, -0.15) is 0 Å². The van der Waals surface area contributed by atoms with Crippen molar-refractivity contribution in [2.24, 2.45) is 0 Å². The van der Waals surface area contributed by atoms with Crippen LogP contribution in [0.25, 0.3) is 11.1 Å². The largest absolute Gasteiger partial charge is 0.442 e. The number of rotatable bonds is 1. The summed E-state index contributed by atoms with van der Waals surface area (Å²) in [5.74, 6) is 0.436. The first-order valence-corrected chi connectivity index (χ1v) is 3.96. The van der Waals surface area contributed by atoms with Crippen molar-refractivity contribution >= 4 is 11.1 Å². The zero-order valence-electron chi connectivity index (χ0n) is 7.11. The standard InChI is InChI=1S/C9H10N2O/c1-6(2)7-3-10-4-8-9(7)11-5-12-8/h3-6H,1-2H3. The molecule has 0 aromatic carbocycles. The summed E-state index contributed by atoms with van der Waals surface area (Å²) in [7, 11) is 0. The molecule has 0 amide bonds. The summed E-state index contributed by atoms with van der Waals surface area (Å²) in [6.45, 7) is 4.23. The lowest BCUT2D eigenvalue weighted by atomic mass is 10.1. The van der Waals surface area contributed by atoms with E-state index in [0.717, 1.165) is 16.7 Å². The lowest BCUT2D eigenvalue weighted by Crippen LogP contribution is -1.89. The van der Waals surface area contributed by atoms with E-state index in [2.05, 4.69) is 23.8 Å². The Labute approximate surface area is 70.4 Å². The maximum atomic E-state index is 5.14. The molecule has 2 aromatic heterocycles. The Hall–Kier alpha value is -1.38. The normalized spacial score (nSPS) is 11.2. The van der Waals surface area contributed by atoms with Crippen molar-refractivity contribution in [3.8, 4) is 0 Å². The number of hydrogen-bond donors (Lipinski definition) is 0. The Kier molecular flexibility index (Phi) is 1.57. The Morgan fingerprint density at radius 3 is 2.92 bits per heavy atom. The fraction of sp³-hybridized carbons (Fsp3) is 0.333. The number of fused-ring (bicyclic) bond motifs is 1. The van der Waals surface area contributed by atoms with Crippen molar-refractivity contribution in [2.75, 3.05) is 0 Å². The minimum absolute atomic E-state index is 0.436. The molecule has 0 fully saturated rings. The van der Waals surface area contributed by atoms with Crippen LogP contribution in [0.5, 0.6) is 0 Å². The number of aromatic nitrogens is 2. The van der Waals surface area contributed by atoms with E-state index >= 15 is 0 Å². The smallest absolute Gasteiger partial charge is 0.182 e. The molecule has 2 aromatic rings. The minimum Gasteiger partial charge on any atom is -0.442 e. The molecule has 0 aliphatic rings. The van der Waals surface area contributed by atoms with Gasteiger partial charge in [0.2, 0.25) is 0 Å². The van der Waals surface area contributed by atoms with Gasteiger partial charge >= 0.3 is 0 Å². The maximum Gasteiger partial charge on any atom is 0.182 e. The highest BCUT2D eigenvalue weighted by Crippen LogP contribution is 2.22. The molecule has 0 unspecified atom stereocenters. The molecular formula is C9H10N2O. The van der Waals surface area contributed by atoms with Gasteiger partial charge in [0.1, 0.15) is 5.52 Å². The van der Waals surface area contributed by atoms with Gasteiger partial charge in [-0.05, 0) is 5.92 Å². The fourth-order valence-corrected chi connectivity index (χ4v) is 1.23. The van der Waals surface area contributed by atoms with Crippen LogP contribution in [0, 0.1) is 0 Å². The van der Waals surface area contributed by atoms with Crippen LogP contribution in [0.1, 0.15) is 25.3 Å². The quantitative estimate of drug-likeness (QED) is 0.646. The molecule has 0 spiro atoms. The third-order valence-electron chi connectivity index (χ3n) is 1.90. The van der Waals surface area contributed by atoms with Gasteiger partial charge < -0.3 is 4.42 Å². The average Bonchev–Trinajstić information content (AvgIpc) is 2.49. The van der Waals surface area contributed by atoms with E-state index in [1.165, 1.54) is 6.39 Å². The van der Waals surface area contributed by atoms with Gasteiger partial charge in [-0.3, -0.25) is 4.98 Å². The van der Waals surface area contributed by atoms with E-state index in [1.54, 1.807) is 6.20 Å². The molecule has 62 valence electrons. The van der Waals surface area contributed by atoms with E-state index in [-0.39, 0.29) is 0 Å². The Morgan fingerprint density at radius 2 is 2.17 bits per heavy atom. The van der Waals surface area contributed by atoms with Crippen LogP contribution in [0.3, 0.4) is 0 Å². The molecule has 3 heteroatoms.